The van der Waals surface area contributed by atoms with Crippen LogP contribution in [0.3, 0.4) is 0 Å². The van der Waals surface area contributed by atoms with Gasteiger partial charge >= 0.3 is 5.97 Å². The molecule has 29 heavy (non-hydrogen) atoms. The lowest BCUT2D eigenvalue weighted by atomic mass is 10.1. The van der Waals surface area contributed by atoms with Crippen LogP contribution in [0.4, 0.5) is 5.69 Å². The van der Waals surface area contributed by atoms with Crippen molar-refractivity contribution in [1.82, 2.24) is 0 Å². The standard InChI is InChI=1S/C22H21NO6/c1-4-28-22(25)19-20(24)18(29-21(19)23-15-8-6-5-7-9-15)12-14-10-16(26-2)13-17(11-14)27-3/h5-13,23H,4H2,1-3H3. The van der Waals surface area contributed by atoms with Crippen LogP contribution < -0.4 is 14.8 Å². The largest absolute Gasteiger partial charge is 0.497 e. The summed E-state index contributed by atoms with van der Waals surface area (Å²) in [6.45, 7) is 1.81. The second-order valence-electron chi connectivity index (χ2n) is 6.00. The molecule has 7 heteroatoms. The van der Waals surface area contributed by atoms with Gasteiger partial charge in [-0.3, -0.25) is 4.79 Å². The van der Waals surface area contributed by atoms with Crippen molar-refractivity contribution in [3.63, 3.8) is 0 Å². The first-order valence-corrected chi connectivity index (χ1v) is 8.96. The van der Waals surface area contributed by atoms with Gasteiger partial charge in [-0.15, -0.1) is 0 Å². The van der Waals surface area contributed by atoms with E-state index in [1.807, 2.05) is 18.2 Å². The molecule has 0 radical (unpaired) electrons. The van der Waals surface area contributed by atoms with Gasteiger partial charge in [-0.05, 0) is 42.8 Å². The van der Waals surface area contributed by atoms with Gasteiger partial charge in [0.1, 0.15) is 11.5 Å². The average molecular weight is 395 g/mol. The molecule has 0 aliphatic carbocycles. The maximum absolute atomic E-state index is 12.9. The van der Waals surface area contributed by atoms with Crippen molar-refractivity contribution in [2.75, 3.05) is 26.1 Å². The molecule has 2 aromatic carbocycles. The molecule has 0 atom stereocenters. The maximum atomic E-state index is 12.9. The highest BCUT2D eigenvalue weighted by atomic mass is 16.5. The summed E-state index contributed by atoms with van der Waals surface area (Å²) in [6, 6.07) is 14.2. The molecule has 0 saturated carbocycles. The number of nitrogens with one attached hydrogen (secondary N) is 1. The van der Waals surface area contributed by atoms with Crippen LogP contribution in [0.1, 0.15) is 12.5 Å². The lowest BCUT2D eigenvalue weighted by molar-refractivity contribution is -0.139. The van der Waals surface area contributed by atoms with E-state index in [4.69, 9.17) is 18.9 Å². The molecule has 150 valence electrons. The number of esters is 1. The molecule has 0 amide bonds. The Morgan fingerprint density at radius 1 is 1.07 bits per heavy atom. The first kappa shape index (κ1) is 20.0. The summed E-state index contributed by atoms with van der Waals surface area (Å²) in [5, 5.41) is 2.97. The molecule has 1 aliphatic heterocycles. The molecule has 1 aliphatic rings. The Hall–Kier alpha value is -3.74. The minimum atomic E-state index is -0.748. The molecular formula is C22H21NO6. The zero-order valence-electron chi connectivity index (χ0n) is 16.4. The normalized spacial score (nSPS) is 14.6. The van der Waals surface area contributed by atoms with Gasteiger partial charge in [0.05, 0.1) is 20.8 Å². The van der Waals surface area contributed by atoms with Crippen molar-refractivity contribution in [3.05, 3.63) is 71.3 Å². The summed E-state index contributed by atoms with van der Waals surface area (Å²) >= 11 is 0. The Balaban J connectivity index is 1.96. The van der Waals surface area contributed by atoms with Crippen molar-refractivity contribution in [2.24, 2.45) is 0 Å². The number of methoxy groups -OCH3 is 2. The first-order valence-electron chi connectivity index (χ1n) is 8.96. The van der Waals surface area contributed by atoms with Crippen LogP contribution in [-0.4, -0.2) is 32.6 Å². The highest BCUT2D eigenvalue weighted by Crippen LogP contribution is 2.30. The van der Waals surface area contributed by atoms with E-state index in [-0.39, 0.29) is 23.8 Å². The minimum absolute atomic E-state index is 0.0122. The van der Waals surface area contributed by atoms with Gasteiger partial charge in [-0.25, -0.2) is 4.79 Å². The molecule has 2 aromatic rings. The molecule has 3 rings (SSSR count). The van der Waals surface area contributed by atoms with E-state index in [9.17, 15) is 9.59 Å². The number of hydrogen-bond acceptors (Lipinski definition) is 7. The molecule has 0 bridgehead atoms. The molecule has 7 nitrogen and oxygen atoms in total. The lowest BCUT2D eigenvalue weighted by Gasteiger charge is -2.09. The highest BCUT2D eigenvalue weighted by molar-refractivity contribution is 6.26. The van der Waals surface area contributed by atoms with Gasteiger partial charge in [0, 0.05) is 11.8 Å². The summed E-state index contributed by atoms with van der Waals surface area (Å²) < 4.78 is 21.2. The van der Waals surface area contributed by atoms with E-state index >= 15 is 0 Å². The SMILES string of the molecule is CCOC(=O)C1=C(Nc2ccccc2)OC(=Cc2cc(OC)cc(OC)c2)C1=O. The van der Waals surface area contributed by atoms with Crippen LogP contribution in [0.15, 0.2) is 65.7 Å². The zero-order valence-corrected chi connectivity index (χ0v) is 16.4. The summed E-state index contributed by atoms with van der Waals surface area (Å²) in [5.74, 6) is -0.181. The average Bonchev–Trinajstić information content (AvgIpc) is 3.03. The van der Waals surface area contributed by atoms with Gasteiger partial charge in [0.25, 0.3) is 0 Å². The van der Waals surface area contributed by atoms with Crippen molar-refractivity contribution in [2.45, 2.75) is 6.92 Å². The van der Waals surface area contributed by atoms with Gasteiger partial charge in [0.15, 0.2) is 11.3 Å². The third kappa shape index (κ3) is 4.57. The van der Waals surface area contributed by atoms with Gasteiger partial charge in [-0.2, -0.15) is 0 Å². The van der Waals surface area contributed by atoms with E-state index in [2.05, 4.69) is 5.32 Å². The molecule has 1 N–H and O–H groups in total. The quantitative estimate of drug-likeness (QED) is 0.436. The smallest absolute Gasteiger partial charge is 0.347 e. The number of rotatable bonds is 7. The fourth-order valence-electron chi connectivity index (χ4n) is 2.72. The van der Waals surface area contributed by atoms with Crippen LogP contribution in [0.5, 0.6) is 11.5 Å². The summed E-state index contributed by atoms with van der Waals surface area (Å²) in [4.78, 5) is 25.2. The topological polar surface area (TPSA) is 83.1 Å². The molecule has 0 saturated heterocycles. The number of allylic oxidation sites excluding steroid dienone is 1. The number of carbonyl (C=O) groups is 2. The number of benzene rings is 2. The Morgan fingerprint density at radius 3 is 2.31 bits per heavy atom. The second kappa shape index (κ2) is 8.97. The van der Waals surface area contributed by atoms with E-state index < -0.39 is 11.8 Å². The number of ketones is 1. The molecule has 0 aromatic heterocycles. The Kier molecular flexibility index (Phi) is 6.19. The molecule has 0 spiro atoms. The van der Waals surface area contributed by atoms with Crippen molar-refractivity contribution < 1.29 is 28.5 Å². The fraction of sp³-hybridized carbons (Fsp3) is 0.182. The van der Waals surface area contributed by atoms with Crippen molar-refractivity contribution in [3.8, 4) is 11.5 Å². The van der Waals surface area contributed by atoms with Crippen LogP contribution >= 0.6 is 0 Å². The molecule has 1 heterocycles. The third-order valence-electron chi connectivity index (χ3n) is 4.07. The Labute approximate surface area is 168 Å². The summed E-state index contributed by atoms with van der Waals surface area (Å²) in [7, 11) is 3.07. The third-order valence-corrected chi connectivity index (χ3v) is 4.07. The monoisotopic (exact) mass is 395 g/mol. The van der Waals surface area contributed by atoms with Crippen molar-refractivity contribution >= 4 is 23.5 Å². The zero-order chi connectivity index (χ0) is 20.8. The van der Waals surface area contributed by atoms with Gasteiger partial charge in [0.2, 0.25) is 11.7 Å². The minimum Gasteiger partial charge on any atom is -0.497 e. The lowest BCUT2D eigenvalue weighted by Crippen LogP contribution is -2.16. The van der Waals surface area contributed by atoms with Crippen molar-refractivity contribution in [1.29, 1.82) is 0 Å². The molecule has 0 fully saturated rings. The number of hydrogen-bond donors (Lipinski definition) is 1. The number of anilines is 1. The highest BCUT2D eigenvalue weighted by Gasteiger charge is 2.37. The Bertz CT molecular complexity index is 956. The fourth-order valence-corrected chi connectivity index (χ4v) is 2.72. The summed E-state index contributed by atoms with van der Waals surface area (Å²) in [6.07, 6.45) is 1.52. The van der Waals surface area contributed by atoms with Crippen LogP contribution in [-0.2, 0) is 19.1 Å². The molecule has 0 unspecified atom stereocenters. The van der Waals surface area contributed by atoms with E-state index in [0.29, 0.717) is 22.7 Å². The maximum Gasteiger partial charge on any atom is 0.347 e. The van der Waals surface area contributed by atoms with Crippen LogP contribution in [0.25, 0.3) is 6.08 Å². The van der Waals surface area contributed by atoms with Gasteiger partial charge in [-0.1, -0.05) is 18.2 Å². The second-order valence-corrected chi connectivity index (χ2v) is 6.00. The Morgan fingerprint density at radius 2 is 1.72 bits per heavy atom. The van der Waals surface area contributed by atoms with Crippen LogP contribution in [0, 0.1) is 0 Å². The molecular weight excluding hydrogens is 374 g/mol. The predicted molar refractivity (Wildman–Crippen MR) is 107 cm³/mol. The number of Topliss-reactive ketones (excluding diaryl/α,β-unsaturated/α-hetero) is 1. The van der Waals surface area contributed by atoms with Crippen LogP contribution in [0.2, 0.25) is 0 Å². The van der Waals surface area contributed by atoms with E-state index in [1.54, 1.807) is 37.3 Å². The summed E-state index contributed by atoms with van der Waals surface area (Å²) in [5.41, 5.74) is 1.10. The van der Waals surface area contributed by atoms with E-state index in [0.717, 1.165) is 0 Å². The predicted octanol–water partition coefficient (Wildman–Crippen LogP) is 3.53. The van der Waals surface area contributed by atoms with Gasteiger partial charge < -0.3 is 24.3 Å². The van der Waals surface area contributed by atoms with E-state index in [1.165, 1.54) is 20.3 Å². The number of para-hydroxylation sites is 1. The number of ether oxygens (including phenoxy) is 4. The first-order chi connectivity index (χ1) is 14.0. The number of carbonyl (C=O) groups excluding carboxylic acids is 2.